The largest absolute Gasteiger partial charge is 0.356 e. The molecule has 2 aliphatic heterocycles. The highest BCUT2D eigenvalue weighted by Crippen LogP contribution is 2.25. The topological polar surface area (TPSA) is 51.2 Å². The van der Waals surface area contributed by atoms with E-state index in [0.29, 0.717) is 5.91 Å². The van der Waals surface area contributed by atoms with Crippen LogP contribution in [0.2, 0.25) is 0 Å². The second-order valence-electron chi connectivity index (χ2n) is 7.46. The van der Waals surface area contributed by atoms with Gasteiger partial charge in [-0.1, -0.05) is 6.42 Å². The molecule has 3 aliphatic rings. The Hall–Kier alpha value is -1.30. The summed E-state index contributed by atoms with van der Waals surface area (Å²) in [4.78, 5) is 23.7. The van der Waals surface area contributed by atoms with Gasteiger partial charge in [-0.25, -0.2) is 0 Å². The molecule has 3 fully saturated rings. The first kappa shape index (κ1) is 17.5. The van der Waals surface area contributed by atoms with Crippen molar-refractivity contribution in [1.82, 2.24) is 20.0 Å². The van der Waals surface area contributed by atoms with Crippen molar-refractivity contribution in [3.05, 3.63) is 0 Å². The lowest BCUT2D eigenvalue weighted by Gasteiger charge is -2.40. The number of guanidine groups is 1. The Labute approximate surface area is 146 Å². The molecule has 2 heterocycles. The van der Waals surface area contributed by atoms with Crippen LogP contribution in [0.3, 0.4) is 0 Å². The van der Waals surface area contributed by atoms with E-state index < -0.39 is 0 Å². The summed E-state index contributed by atoms with van der Waals surface area (Å²) in [6, 6.07) is 0.00945. The maximum atomic E-state index is 12.6. The summed E-state index contributed by atoms with van der Waals surface area (Å²) in [5.74, 6) is 2.18. The van der Waals surface area contributed by atoms with E-state index in [1.165, 1.54) is 19.3 Å². The van der Waals surface area contributed by atoms with Gasteiger partial charge in [0.2, 0.25) is 5.91 Å². The quantitative estimate of drug-likeness (QED) is 0.615. The summed E-state index contributed by atoms with van der Waals surface area (Å²) in [6.07, 6.45) is 6.42. The molecule has 6 heteroatoms. The molecular weight excluding hydrogens is 302 g/mol. The van der Waals surface area contributed by atoms with Crippen molar-refractivity contribution < 1.29 is 4.79 Å². The number of rotatable bonds is 4. The highest BCUT2D eigenvalue weighted by Gasteiger charge is 2.30. The zero-order chi connectivity index (χ0) is 16.9. The van der Waals surface area contributed by atoms with Gasteiger partial charge in [-0.15, -0.1) is 0 Å². The number of carbonyl (C=O) groups excluding carboxylic acids is 1. The maximum absolute atomic E-state index is 12.6. The molecule has 0 radical (unpaired) electrons. The number of hydrogen-bond acceptors (Lipinski definition) is 3. The van der Waals surface area contributed by atoms with Gasteiger partial charge in [0.25, 0.3) is 0 Å². The van der Waals surface area contributed by atoms with E-state index in [2.05, 4.69) is 27.0 Å². The van der Waals surface area contributed by atoms with Crippen molar-refractivity contribution in [3.8, 4) is 0 Å². The number of carbonyl (C=O) groups is 1. The van der Waals surface area contributed by atoms with Gasteiger partial charge in [-0.2, -0.15) is 0 Å². The number of amides is 1. The van der Waals surface area contributed by atoms with Gasteiger partial charge in [0.05, 0.1) is 6.04 Å². The van der Waals surface area contributed by atoms with E-state index in [1.807, 2.05) is 11.9 Å². The Morgan fingerprint density at radius 2 is 1.71 bits per heavy atom. The molecule has 1 saturated carbocycles. The first-order valence-corrected chi connectivity index (χ1v) is 9.67. The van der Waals surface area contributed by atoms with Crippen molar-refractivity contribution in [2.24, 2.45) is 10.9 Å². The fourth-order valence-electron chi connectivity index (χ4n) is 3.94. The Balaban J connectivity index is 1.44. The van der Waals surface area contributed by atoms with Crippen LogP contribution in [0.5, 0.6) is 0 Å². The lowest BCUT2D eigenvalue weighted by atomic mass is 9.85. The molecule has 24 heavy (non-hydrogen) atoms. The zero-order valence-corrected chi connectivity index (χ0v) is 15.3. The Morgan fingerprint density at radius 1 is 1.04 bits per heavy atom. The lowest BCUT2D eigenvalue weighted by Crippen LogP contribution is -2.57. The second kappa shape index (κ2) is 8.19. The third-order valence-corrected chi connectivity index (χ3v) is 5.92. The number of hydrogen-bond donors (Lipinski definition) is 1. The standard InChI is InChI=1S/C18H33N5O/c1-15(17(24)22-8-3-4-9-22)21-10-12-23(13-11-21)18(19-2)20-14-16-6-5-7-16/h15-16H,3-14H2,1-2H3,(H,19,20). The summed E-state index contributed by atoms with van der Waals surface area (Å²) in [6.45, 7) is 8.78. The molecule has 1 aliphatic carbocycles. The normalized spacial score (nSPS) is 24.8. The number of aliphatic imine (C=N–C) groups is 1. The summed E-state index contributed by atoms with van der Waals surface area (Å²) < 4.78 is 0. The van der Waals surface area contributed by atoms with Gasteiger partial charge < -0.3 is 15.1 Å². The van der Waals surface area contributed by atoms with Gasteiger partial charge in [-0.3, -0.25) is 14.7 Å². The van der Waals surface area contributed by atoms with Crippen molar-refractivity contribution in [1.29, 1.82) is 0 Å². The molecule has 1 atom stereocenters. The smallest absolute Gasteiger partial charge is 0.239 e. The van der Waals surface area contributed by atoms with Crippen molar-refractivity contribution in [3.63, 3.8) is 0 Å². The minimum atomic E-state index is 0.00945. The average Bonchev–Trinajstić information content (AvgIpc) is 3.10. The highest BCUT2D eigenvalue weighted by molar-refractivity contribution is 5.82. The van der Waals surface area contributed by atoms with Gasteiger partial charge in [0.15, 0.2) is 5.96 Å². The Morgan fingerprint density at radius 3 is 2.25 bits per heavy atom. The summed E-state index contributed by atoms with van der Waals surface area (Å²) in [5.41, 5.74) is 0. The van der Waals surface area contributed by atoms with Crippen LogP contribution in [0.1, 0.15) is 39.0 Å². The molecule has 0 spiro atoms. The Kier molecular flexibility index (Phi) is 5.98. The van der Waals surface area contributed by atoms with Gasteiger partial charge in [-0.05, 0) is 38.5 Å². The SMILES string of the molecule is CN=C(NCC1CCC1)N1CCN(C(C)C(=O)N2CCCC2)CC1. The first-order chi connectivity index (χ1) is 11.7. The molecule has 6 nitrogen and oxygen atoms in total. The summed E-state index contributed by atoms with van der Waals surface area (Å²) in [7, 11) is 1.87. The number of nitrogens with one attached hydrogen (secondary N) is 1. The van der Waals surface area contributed by atoms with Crippen LogP contribution in [0.25, 0.3) is 0 Å². The van der Waals surface area contributed by atoms with E-state index in [0.717, 1.165) is 70.5 Å². The molecule has 3 rings (SSSR count). The maximum Gasteiger partial charge on any atom is 0.239 e. The molecule has 2 saturated heterocycles. The van der Waals surface area contributed by atoms with Gasteiger partial charge in [0, 0.05) is 52.9 Å². The molecule has 1 N–H and O–H groups in total. The van der Waals surface area contributed by atoms with Crippen LogP contribution in [-0.4, -0.2) is 85.5 Å². The van der Waals surface area contributed by atoms with Crippen LogP contribution in [0, 0.1) is 5.92 Å². The first-order valence-electron chi connectivity index (χ1n) is 9.67. The fraction of sp³-hybridized carbons (Fsp3) is 0.889. The van der Waals surface area contributed by atoms with Gasteiger partial charge >= 0.3 is 0 Å². The average molecular weight is 335 g/mol. The molecule has 136 valence electrons. The molecule has 0 aromatic rings. The van der Waals surface area contributed by atoms with Crippen LogP contribution >= 0.6 is 0 Å². The molecule has 0 bridgehead atoms. The van der Waals surface area contributed by atoms with Crippen LogP contribution in [0.15, 0.2) is 4.99 Å². The number of nitrogens with zero attached hydrogens (tertiary/aromatic N) is 4. The lowest BCUT2D eigenvalue weighted by molar-refractivity contribution is -0.135. The molecule has 1 unspecified atom stereocenters. The summed E-state index contributed by atoms with van der Waals surface area (Å²) >= 11 is 0. The molecule has 1 amide bonds. The van der Waals surface area contributed by atoms with Gasteiger partial charge in [0.1, 0.15) is 0 Å². The predicted molar refractivity (Wildman–Crippen MR) is 97.1 cm³/mol. The molecule has 0 aromatic carbocycles. The third kappa shape index (κ3) is 4.02. The highest BCUT2D eigenvalue weighted by atomic mass is 16.2. The van der Waals surface area contributed by atoms with E-state index in [-0.39, 0.29) is 6.04 Å². The number of likely N-dealkylation sites (tertiary alicyclic amines) is 1. The predicted octanol–water partition coefficient (Wildman–Crippen LogP) is 0.990. The minimum absolute atomic E-state index is 0.00945. The van der Waals surface area contributed by atoms with E-state index in [1.54, 1.807) is 0 Å². The van der Waals surface area contributed by atoms with Crippen LogP contribution < -0.4 is 5.32 Å². The van der Waals surface area contributed by atoms with E-state index in [9.17, 15) is 4.79 Å². The zero-order valence-electron chi connectivity index (χ0n) is 15.3. The molecule has 0 aromatic heterocycles. The summed E-state index contributed by atoms with van der Waals surface area (Å²) in [5, 5.41) is 3.53. The third-order valence-electron chi connectivity index (χ3n) is 5.92. The monoisotopic (exact) mass is 335 g/mol. The van der Waals surface area contributed by atoms with E-state index in [4.69, 9.17) is 0 Å². The fourth-order valence-corrected chi connectivity index (χ4v) is 3.94. The van der Waals surface area contributed by atoms with Crippen molar-refractivity contribution in [2.45, 2.75) is 45.1 Å². The van der Waals surface area contributed by atoms with Crippen molar-refractivity contribution >= 4 is 11.9 Å². The van der Waals surface area contributed by atoms with Crippen molar-refractivity contribution in [2.75, 3.05) is 52.9 Å². The number of piperazine rings is 1. The van der Waals surface area contributed by atoms with Crippen LogP contribution in [0.4, 0.5) is 0 Å². The van der Waals surface area contributed by atoms with Crippen LogP contribution in [-0.2, 0) is 4.79 Å². The minimum Gasteiger partial charge on any atom is -0.356 e. The molecular formula is C18H33N5O. The Bertz CT molecular complexity index is 448. The second-order valence-corrected chi connectivity index (χ2v) is 7.46. The van der Waals surface area contributed by atoms with E-state index >= 15 is 0 Å².